The Morgan fingerprint density at radius 3 is 2.92 bits per heavy atom. The van der Waals surface area contributed by atoms with Crippen LogP contribution in [0, 0.1) is 0 Å². The summed E-state index contributed by atoms with van der Waals surface area (Å²) >= 11 is 0. The number of rotatable bonds is 4. The summed E-state index contributed by atoms with van der Waals surface area (Å²) in [5.41, 5.74) is 0. The molecule has 0 radical (unpaired) electrons. The summed E-state index contributed by atoms with van der Waals surface area (Å²) in [6.07, 6.45) is 3.55. The average molecular weight is 174 g/mol. The lowest BCUT2D eigenvalue weighted by molar-refractivity contribution is -0.167. The highest BCUT2D eigenvalue weighted by Crippen LogP contribution is 2.14. The molecular formula is C9H18O3. The molecule has 72 valence electrons. The minimum Gasteiger partial charge on any atom is -0.376 e. The Morgan fingerprint density at radius 2 is 2.33 bits per heavy atom. The van der Waals surface area contributed by atoms with Crippen LogP contribution in [0.5, 0.6) is 0 Å². The fourth-order valence-electron chi connectivity index (χ4n) is 1.24. The van der Waals surface area contributed by atoms with E-state index in [-0.39, 0.29) is 6.10 Å². The summed E-state index contributed by atoms with van der Waals surface area (Å²) in [4.78, 5) is 0. The quantitative estimate of drug-likeness (QED) is 0.653. The molecular weight excluding hydrogens is 156 g/mol. The number of aliphatic hydroxyl groups is 1. The number of unbranched alkanes of at least 4 members (excludes halogenated alkanes) is 1. The minimum absolute atomic E-state index is 0.208. The van der Waals surface area contributed by atoms with E-state index in [2.05, 4.69) is 6.92 Å². The van der Waals surface area contributed by atoms with Gasteiger partial charge in [0.15, 0.2) is 6.29 Å². The second-order valence-electron chi connectivity index (χ2n) is 3.21. The molecule has 1 saturated heterocycles. The van der Waals surface area contributed by atoms with E-state index in [1.54, 1.807) is 0 Å². The van der Waals surface area contributed by atoms with Gasteiger partial charge in [-0.3, -0.25) is 0 Å². The van der Waals surface area contributed by atoms with Gasteiger partial charge in [0.25, 0.3) is 0 Å². The van der Waals surface area contributed by atoms with Crippen molar-refractivity contribution in [1.82, 2.24) is 0 Å². The van der Waals surface area contributed by atoms with Crippen molar-refractivity contribution in [2.75, 3.05) is 13.2 Å². The van der Waals surface area contributed by atoms with E-state index in [0.717, 1.165) is 25.9 Å². The van der Waals surface area contributed by atoms with Crippen LogP contribution in [0.15, 0.2) is 0 Å². The Balaban J connectivity index is 2.01. The molecule has 2 unspecified atom stereocenters. The van der Waals surface area contributed by atoms with Crippen LogP contribution in [0.4, 0.5) is 0 Å². The molecule has 0 aromatic carbocycles. The van der Waals surface area contributed by atoms with E-state index in [0.29, 0.717) is 13.0 Å². The first-order valence-corrected chi connectivity index (χ1v) is 4.74. The van der Waals surface area contributed by atoms with Crippen LogP contribution in [-0.4, -0.2) is 30.7 Å². The maximum absolute atomic E-state index is 9.02. The Bertz CT molecular complexity index is 108. The molecule has 12 heavy (non-hydrogen) atoms. The van der Waals surface area contributed by atoms with Gasteiger partial charge < -0.3 is 14.6 Å². The molecule has 0 aliphatic carbocycles. The summed E-state index contributed by atoms with van der Waals surface area (Å²) in [5, 5.41) is 9.02. The van der Waals surface area contributed by atoms with Crippen LogP contribution >= 0.6 is 0 Å². The molecule has 3 heteroatoms. The monoisotopic (exact) mass is 174 g/mol. The largest absolute Gasteiger partial charge is 0.376 e. The predicted molar refractivity (Wildman–Crippen MR) is 45.8 cm³/mol. The first kappa shape index (κ1) is 9.96. The van der Waals surface area contributed by atoms with E-state index in [9.17, 15) is 0 Å². The molecule has 3 nitrogen and oxygen atoms in total. The van der Waals surface area contributed by atoms with Crippen LogP contribution < -0.4 is 0 Å². The van der Waals surface area contributed by atoms with Crippen molar-refractivity contribution in [1.29, 1.82) is 0 Å². The van der Waals surface area contributed by atoms with Crippen LogP contribution in [0.25, 0.3) is 0 Å². The fourth-order valence-corrected chi connectivity index (χ4v) is 1.24. The molecule has 1 heterocycles. The first-order chi connectivity index (χ1) is 5.83. The Labute approximate surface area is 73.7 Å². The van der Waals surface area contributed by atoms with Gasteiger partial charge in [-0.25, -0.2) is 0 Å². The van der Waals surface area contributed by atoms with Gasteiger partial charge in [-0.1, -0.05) is 13.3 Å². The van der Waals surface area contributed by atoms with E-state index in [4.69, 9.17) is 14.6 Å². The van der Waals surface area contributed by atoms with Gasteiger partial charge in [0.2, 0.25) is 0 Å². The van der Waals surface area contributed by atoms with E-state index < -0.39 is 6.29 Å². The molecule has 0 bridgehead atoms. The van der Waals surface area contributed by atoms with Gasteiger partial charge in [0.05, 0.1) is 12.7 Å². The van der Waals surface area contributed by atoms with Gasteiger partial charge in [-0.2, -0.15) is 0 Å². The normalized spacial score (nSPS) is 30.5. The topological polar surface area (TPSA) is 38.7 Å². The summed E-state index contributed by atoms with van der Waals surface area (Å²) in [6, 6.07) is 0. The van der Waals surface area contributed by atoms with E-state index in [1.807, 2.05) is 0 Å². The lowest BCUT2D eigenvalue weighted by atomic mass is 10.1. The van der Waals surface area contributed by atoms with E-state index in [1.165, 1.54) is 0 Å². The van der Waals surface area contributed by atoms with Gasteiger partial charge in [-0.15, -0.1) is 0 Å². The average Bonchev–Trinajstić information content (AvgIpc) is 2.09. The second kappa shape index (κ2) is 5.51. The molecule has 1 aliphatic rings. The lowest BCUT2D eigenvalue weighted by Crippen LogP contribution is -2.31. The van der Waals surface area contributed by atoms with Crippen LogP contribution in [0.2, 0.25) is 0 Å². The van der Waals surface area contributed by atoms with Crippen molar-refractivity contribution < 1.29 is 14.6 Å². The lowest BCUT2D eigenvalue weighted by Gasteiger charge is -2.25. The van der Waals surface area contributed by atoms with E-state index >= 15 is 0 Å². The third-order valence-corrected chi connectivity index (χ3v) is 2.06. The van der Waals surface area contributed by atoms with Crippen LogP contribution in [-0.2, 0) is 9.47 Å². The number of ether oxygens (including phenoxy) is 2. The van der Waals surface area contributed by atoms with Crippen molar-refractivity contribution in [3.8, 4) is 0 Å². The molecule has 1 N–H and O–H groups in total. The predicted octanol–water partition coefficient (Wildman–Crippen LogP) is 1.30. The molecule has 1 rings (SSSR count). The second-order valence-corrected chi connectivity index (χ2v) is 3.21. The summed E-state index contributed by atoms with van der Waals surface area (Å²) < 4.78 is 10.6. The maximum atomic E-state index is 9.02. The molecule has 0 aromatic heterocycles. The highest BCUT2D eigenvalue weighted by Gasteiger charge is 2.19. The van der Waals surface area contributed by atoms with Crippen molar-refractivity contribution >= 4 is 0 Å². The van der Waals surface area contributed by atoms with Crippen molar-refractivity contribution in [3.63, 3.8) is 0 Å². The number of hydrogen-bond donors (Lipinski definition) is 1. The molecule has 0 saturated carbocycles. The van der Waals surface area contributed by atoms with Gasteiger partial charge in [0, 0.05) is 13.0 Å². The highest BCUT2D eigenvalue weighted by atomic mass is 16.6. The van der Waals surface area contributed by atoms with Crippen LogP contribution in [0.3, 0.4) is 0 Å². The molecule has 0 aromatic rings. The summed E-state index contributed by atoms with van der Waals surface area (Å²) in [5.74, 6) is 0. The molecule has 1 fully saturated rings. The fraction of sp³-hybridized carbons (Fsp3) is 1.00. The van der Waals surface area contributed by atoms with Gasteiger partial charge in [-0.05, 0) is 12.8 Å². The zero-order chi connectivity index (χ0) is 8.81. The first-order valence-electron chi connectivity index (χ1n) is 4.74. The number of hydrogen-bond acceptors (Lipinski definition) is 3. The summed E-state index contributed by atoms with van der Waals surface area (Å²) in [6.45, 7) is 3.51. The van der Waals surface area contributed by atoms with Crippen molar-refractivity contribution in [2.45, 2.75) is 45.0 Å². The molecule has 0 amide bonds. The van der Waals surface area contributed by atoms with Crippen molar-refractivity contribution in [3.05, 3.63) is 0 Å². The highest BCUT2D eigenvalue weighted by molar-refractivity contribution is 4.64. The molecule has 2 atom stereocenters. The Morgan fingerprint density at radius 1 is 1.50 bits per heavy atom. The molecule has 1 aliphatic heterocycles. The third-order valence-electron chi connectivity index (χ3n) is 2.06. The zero-order valence-electron chi connectivity index (χ0n) is 7.66. The smallest absolute Gasteiger partial charge is 0.154 e. The Hall–Kier alpha value is -0.120. The summed E-state index contributed by atoms with van der Waals surface area (Å²) in [7, 11) is 0. The minimum atomic E-state index is -0.559. The SMILES string of the molecule is CCCCOC1CCC(O)OC1. The molecule has 0 spiro atoms. The van der Waals surface area contributed by atoms with Gasteiger partial charge in [0.1, 0.15) is 0 Å². The Kier molecular flexibility index (Phi) is 4.58. The third kappa shape index (κ3) is 3.52. The maximum Gasteiger partial charge on any atom is 0.154 e. The zero-order valence-corrected chi connectivity index (χ0v) is 7.66. The standard InChI is InChI=1S/C9H18O3/c1-2-3-6-11-8-4-5-9(10)12-7-8/h8-10H,2-7H2,1H3. The van der Waals surface area contributed by atoms with Crippen LogP contribution in [0.1, 0.15) is 32.6 Å². The van der Waals surface area contributed by atoms with Gasteiger partial charge >= 0.3 is 0 Å². The number of aliphatic hydroxyl groups excluding tert-OH is 1. The van der Waals surface area contributed by atoms with Crippen molar-refractivity contribution in [2.24, 2.45) is 0 Å².